The number of carbonyl (C=O) groups excluding carboxylic acids is 1. The van der Waals surface area contributed by atoms with Crippen LogP contribution in [0.4, 0.5) is 0 Å². The molecule has 0 spiro atoms. The molecule has 4 N–H and O–H groups in total. The van der Waals surface area contributed by atoms with Crippen LogP contribution in [0.3, 0.4) is 0 Å². The maximum absolute atomic E-state index is 11.6. The molecule has 0 aromatic carbocycles. The van der Waals surface area contributed by atoms with Crippen LogP contribution in [0.15, 0.2) is 0 Å². The highest BCUT2D eigenvalue weighted by Crippen LogP contribution is 1.99. The van der Waals surface area contributed by atoms with Crippen molar-refractivity contribution in [2.45, 2.75) is 45.2 Å². The second kappa shape index (κ2) is 8.44. The van der Waals surface area contributed by atoms with E-state index in [4.69, 9.17) is 10.5 Å². The van der Waals surface area contributed by atoms with Crippen molar-refractivity contribution in [1.82, 2.24) is 10.6 Å². The summed E-state index contributed by atoms with van der Waals surface area (Å²) in [5.41, 5.74) is 5.28. The van der Waals surface area contributed by atoms with Gasteiger partial charge in [-0.2, -0.15) is 0 Å². The summed E-state index contributed by atoms with van der Waals surface area (Å²) < 4.78 is 5.10. The topological polar surface area (TPSA) is 76.4 Å². The Balaban J connectivity index is 3.90. The largest absolute Gasteiger partial charge is 0.383 e. The Morgan fingerprint density at radius 3 is 2.53 bits per heavy atom. The van der Waals surface area contributed by atoms with Crippen LogP contribution < -0.4 is 16.4 Å². The number of hydrogen-bond donors (Lipinski definition) is 3. The highest BCUT2D eigenvalue weighted by Gasteiger charge is 2.15. The third-order valence-corrected chi connectivity index (χ3v) is 2.19. The summed E-state index contributed by atoms with van der Waals surface area (Å²) in [7, 11) is 1.66. The first-order valence-corrected chi connectivity index (χ1v) is 6.12. The van der Waals surface area contributed by atoms with Crippen LogP contribution in [0.5, 0.6) is 0 Å². The van der Waals surface area contributed by atoms with E-state index in [1.165, 1.54) is 0 Å². The molecule has 17 heavy (non-hydrogen) atoms. The fourth-order valence-electron chi connectivity index (χ4n) is 1.51. The predicted molar refractivity (Wildman–Crippen MR) is 69.9 cm³/mol. The van der Waals surface area contributed by atoms with Crippen LogP contribution in [0.25, 0.3) is 0 Å². The number of carbonyl (C=O) groups is 1. The second-order valence-electron chi connectivity index (χ2n) is 5.26. The average Bonchev–Trinajstić information content (AvgIpc) is 2.19. The van der Waals surface area contributed by atoms with Crippen molar-refractivity contribution in [3.63, 3.8) is 0 Å². The Kier molecular flexibility index (Phi) is 8.12. The Morgan fingerprint density at radius 1 is 1.41 bits per heavy atom. The van der Waals surface area contributed by atoms with E-state index in [-0.39, 0.29) is 17.5 Å². The number of hydrogen-bond acceptors (Lipinski definition) is 4. The van der Waals surface area contributed by atoms with E-state index < -0.39 is 0 Å². The first-order valence-electron chi connectivity index (χ1n) is 6.12. The quantitative estimate of drug-likeness (QED) is 0.573. The van der Waals surface area contributed by atoms with E-state index >= 15 is 0 Å². The van der Waals surface area contributed by atoms with Gasteiger partial charge < -0.3 is 21.1 Å². The summed E-state index contributed by atoms with van der Waals surface area (Å²) in [6, 6.07) is 0.189. The van der Waals surface area contributed by atoms with Crippen LogP contribution in [-0.4, -0.2) is 44.3 Å². The fraction of sp³-hybridized carbons (Fsp3) is 0.917. The van der Waals surface area contributed by atoms with E-state index in [2.05, 4.69) is 10.6 Å². The SMILES string of the molecule is COCC(CCCN)NCC(=O)NC(C)(C)C. The summed E-state index contributed by atoms with van der Waals surface area (Å²) in [5.74, 6) is 0.00588. The zero-order valence-electron chi connectivity index (χ0n) is 11.5. The minimum absolute atomic E-state index is 0.00588. The fourth-order valence-corrected chi connectivity index (χ4v) is 1.51. The van der Waals surface area contributed by atoms with Crippen molar-refractivity contribution >= 4 is 5.91 Å². The van der Waals surface area contributed by atoms with E-state index in [1.807, 2.05) is 20.8 Å². The van der Waals surface area contributed by atoms with Gasteiger partial charge in [0, 0.05) is 18.7 Å². The molecule has 0 radical (unpaired) electrons. The number of nitrogens with two attached hydrogens (primary N) is 1. The lowest BCUT2D eigenvalue weighted by atomic mass is 10.1. The molecule has 102 valence electrons. The molecule has 0 aliphatic carbocycles. The Morgan fingerprint density at radius 2 is 2.06 bits per heavy atom. The van der Waals surface area contributed by atoms with Gasteiger partial charge in [0.1, 0.15) is 0 Å². The van der Waals surface area contributed by atoms with Gasteiger partial charge >= 0.3 is 0 Å². The highest BCUT2D eigenvalue weighted by atomic mass is 16.5. The molecular formula is C12H27N3O2. The van der Waals surface area contributed by atoms with Gasteiger partial charge in [0.25, 0.3) is 0 Å². The molecule has 5 nitrogen and oxygen atoms in total. The first kappa shape index (κ1) is 16.4. The third-order valence-electron chi connectivity index (χ3n) is 2.19. The maximum Gasteiger partial charge on any atom is 0.234 e. The van der Waals surface area contributed by atoms with Gasteiger partial charge in [-0.05, 0) is 40.2 Å². The molecule has 5 heteroatoms. The molecule has 0 bridgehead atoms. The highest BCUT2D eigenvalue weighted by molar-refractivity contribution is 5.78. The van der Waals surface area contributed by atoms with Crippen molar-refractivity contribution < 1.29 is 9.53 Å². The van der Waals surface area contributed by atoms with Gasteiger partial charge in [-0.15, -0.1) is 0 Å². The van der Waals surface area contributed by atoms with Gasteiger partial charge in [0.2, 0.25) is 5.91 Å². The van der Waals surface area contributed by atoms with Gasteiger partial charge in [-0.1, -0.05) is 0 Å². The van der Waals surface area contributed by atoms with Crippen molar-refractivity contribution in [2.24, 2.45) is 5.73 Å². The summed E-state index contributed by atoms with van der Waals surface area (Å²) in [6.07, 6.45) is 1.86. The molecule has 0 saturated heterocycles. The van der Waals surface area contributed by atoms with E-state index in [0.29, 0.717) is 19.7 Å². The summed E-state index contributed by atoms with van der Waals surface area (Å²) in [6.45, 7) is 7.47. The van der Waals surface area contributed by atoms with Crippen LogP contribution in [-0.2, 0) is 9.53 Å². The predicted octanol–water partition coefficient (Wildman–Crippen LogP) is 0.245. The van der Waals surface area contributed by atoms with Crippen molar-refractivity contribution in [3.8, 4) is 0 Å². The van der Waals surface area contributed by atoms with Crippen LogP contribution in [0.1, 0.15) is 33.6 Å². The smallest absolute Gasteiger partial charge is 0.234 e. The lowest BCUT2D eigenvalue weighted by Gasteiger charge is -2.22. The van der Waals surface area contributed by atoms with Gasteiger partial charge in [-0.3, -0.25) is 4.79 Å². The Bertz CT molecular complexity index is 214. The molecule has 1 atom stereocenters. The average molecular weight is 245 g/mol. The van der Waals surface area contributed by atoms with Crippen molar-refractivity contribution in [3.05, 3.63) is 0 Å². The van der Waals surface area contributed by atoms with E-state index in [0.717, 1.165) is 12.8 Å². The molecule has 0 saturated carbocycles. The summed E-state index contributed by atoms with van der Waals surface area (Å²) in [4.78, 5) is 11.6. The molecule has 1 amide bonds. The molecule has 0 rings (SSSR count). The molecule has 0 aliphatic heterocycles. The number of rotatable bonds is 8. The van der Waals surface area contributed by atoms with Crippen LogP contribution in [0, 0.1) is 0 Å². The maximum atomic E-state index is 11.6. The molecule has 0 aliphatic rings. The number of ether oxygens (including phenoxy) is 1. The van der Waals surface area contributed by atoms with E-state index in [9.17, 15) is 4.79 Å². The minimum Gasteiger partial charge on any atom is -0.383 e. The Hall–Kier alpha value is -0.650. The first-order chi connectivity index (χ1) is 7.89. The Labute approximate surface area is 104 Å². The molecule has 1 unspecified atom stereocenters. The molecule has 0 heterocycles. The number of nitrogens with one attached hydrogen (secondary N) is 2. The molecular weight excluding hydrogens is 218 g/mol. The normalized spacial score (nSPS) is 13.5. The second-order valence-corrected chi connectivity index (χ2v) is 5.26. The van der Waals surface area contributed by atoms with Gasteiger partial charge in [0.15, 0.2) is 0 Å². The molecule has 0 fully saturated rings. The van der Waals surface area contributed by atoms with Gasteiger partial charge in [-0.25, -0.2) is 0 Å². The van der Waals surface area contributed by atoms with Crippen LogP contribution >= 0.6 is 0 Å². The monoisotopic (exact) mass is 245 g/mol. The zero-order valence-corrected chi connectivity index (χ0v) is 11.5. The zero-order chi connectivity index (χ0) is 13.3. The third kappa shape index (κ3) is 10.2. The van der Waals surface area contributed by atoms with E-state index in [1.54, 1.807) is 7.11 Å². The molecule has 0 aromatic rings. The number of methoxy groups -OCH3 is 1. The van der Waals surface area contributed by atoms with Crippen molar-refractivity contribution in [1.29, 1.82) is 0 Å². The number of amides is 1. The minimum atomic E-state index is -0.188. The van der Waals surface area contributed by atoms with Crippen molar-refractivity contribution in [2.75, 3.05) is 26.8 Å². The van der Waals surface area contributed by atoms with Crippen LogP contribution in [0.2, 0.25) is 0 Å². The summed E-state index contributed by atoms with van der Waals surface area (Å²) in [5, 5.41) is 6.09. The lowest BCUT2D eigenvalue weighted by Crippen LogP contribution is -2.47. The van der Waals surface area contributed by atoms with Gasteiger partial charge in [0.05, 0.1) is 13.2 Å². The molecule has 0 aromatic heterocycles. The summed E-state index contributed by atoms with van der Waals surface area (Å²) >= 11 is 0. The standard InChI is InChI=1S/C12H27N3O2/c1-12(2,3)15-11(16)8-14-10(9-17-4)6-5-7-13/h10,14H,5-9,13H2,1-4H3,(H,15,16). The lowest BCUT2D eigenvalue weighted by molar-refractivity contribution is -0.121.